The number of furan rings is 1. The third kappa shape index (κ3) is 2.25. The molecule has 1 saturated carbocycles. The largest absolute Gasteiger partial charge is 0.467 e. The van der Waals surface area contributed by atoms with Crippen LogP contribution >= 0.6 is 0 Å². The van der Waals surface area contributed by atoms with Gasteiger partial charge in [-0.1, -0.05) is 0 Å². The van der Waals surface area contributed by atoms with Crippen molar-refractivity contribution >= 4 is 12.2 Å². The summed E-state index contributed by atoms with van der Waals surface area (Å²) >= 11 is 0. The zero-order valence-electron chi connectivity index (χ0n) is 9.82. The van der Waals surface area contributed by atoms with Crippen LogP contribution in [0.15, 0.2) is 35.2 Å². The highest BCUT2D eigenvalue weighted by Gasteiger charge is 2.31. The van der Waals surface area contributed by atoms with E-state index in [4.69, 9.17) is 4.42 Å². The number of anilines is 1. The molecule has 0 aromatic carbocycles. The normalized spacial score (nSPS) is 14.4. The highest BCUT2D eigenvalue weighted by Crippen LogP contribution is 2.31. The van der Waals surface area contributed by atoms with E-state index >= 15 is 0 Å². The summed E-state index contributed by atoms with van der Waals surface area (Å²) < 4.78 is 5.35. The van der Waals surface area contributed by atoms with E-state index in [1.54, 1.807) is 18.7 Å². The van der Waals surface area contributed by atoms with E-state index in [9.17, 15) is 4.79 Å². The van der Waals surface area contributed by atoms with Gasteiger partial charge in [-0.15, -0.1) is 0 Å². The predicted octanol–water partition coefficient (Wildman–Crippen LogP) is 2.05. The molecule has 2 heterocycles. The maximum absolute atomic E-state index is 10.6. The average molecular weight is 243 g/mol. The van der Waals surface area contributed by atoms with Crippen molar-refractivity contribution < 1.29 is 9.21 Å². The summed E-state index contributed by atoms with van der Waals surface area (Å²) in [5.41, 5.74) is 0.493. The van der Waals surface area contributed by atoms with Crippen molar-refractivity contribution in [3.8, 4) is 0 Å². The number of rotatable bonds is 5. The molecule has 18 heavy (non-hydrogen) atoms. The summed E-state index contributed by atoms with van der Waals surface area (Å²) in [6.45, 7) is 0.665. The van der Waals surface area contributed by atoms with Gasteiger partial charge < -0.3 is 9.32 Å². The Bertz CT molecular complexity index is 518. The molecule has 0 N–H and O–H groups in total. The number of aldehydes is 1. The van der Waals surface area contributed by atoms with Gasteiger partial charge in [0.2, 0.25) is 5.95 Å². The van der Waals surface area contributed by atoms with Crippen molar-refractivity contribution in [2.24, 2.45) is 0 Å². The van der Waals surface area contributed by atoms with Gasteiger partial charge in [-0.2, -0.15) is 0 Å². The third-order valence-electron chi connectivity index (χ3n) is 2.95. The minimum absolute atomic E-state index is 0.484. The van der Waals surface area contributed by atoms with Crippen LogP contribution in [0.5, 0.6) is 0 Å². The smallest absolute Gasteiger partial charge is 0.225 e. The first-order chi connectivity index (χ1) is 8.86. The molecule has 3 rings (SSSR count). The first-order valence-electron chi connectivity index (χ1n) is 5.93. The first kappa shape index (κ1) is 11.0. The Labute approximate surface area is 104 Å². The Morgan fingerprint density at radius 1 is 1.39 bits per heavy atom. The molecule has 5 nitrogen and oxygen atoms in total. The van der Waals surface area contributed by atoms with Gasteiger partial charge in [0.15, 0.2) is 6.29 Å². The SMILES string of the molecule is O=Cc1cnc(N(Cc2ccco2)C2CC2)nc1. The highest BCUT2D eigenvalue weighted by atomic mass is 16.3. The number of aromatic nitrogens is 2. The van der Waals surface area contributed by atoms with E-state index < -0.39 is 0 Å². The number of hydrogen-bond acceptors (Lipinski definition) is 5. The third-order valence-corrected chi connectivity index (χ3v) is 2.95. The van der Waals surface area contributed by atoms with Crippen molar-refractivity contribution in [1.29, 1.82) is 0 Å². The van der Waals surface area contributed by atoms with Gasteiger partial charge in [0.1, 0.15) is 5.76 Å². The van der Waals surface area contributed by atoms with Crippen molar-refractivity contribution in [3.05, 3.63) is 42.1 Å². The van der Waals surface area contributed by atoms with Gasteiger partial charge in [-0.05, 0) is 25.0 Å². The molecule has 2 aromatic heterocycles. The highest BCUT2D eigenvalue weighted by molar-refractivity contribution is 5.73. The molecule has 1 aliphatic rings. The summed E-state index contributed by atoms with van der Waals surface area (Å²) in [6.07, 6.45) is 7.81. The number of carbonyl (C=O) groups excluding carboxylic acids is 1. The molecule has 1 aliphatic carbocycles. The first-order valence-corrected chi connectivity index (χ1v) is 5.93. The number of nitrogens with zero attached hydrogens (tertiary/aromatic N) is 3. The topological polar surface area (TPSA) is 59.2 Å². The summed E-state index contributed by atoms with van der Waals surface area (Å²) in [5, 5.41) is 0. The van der Waals surface area contributed by atoms with E-state index in [1.165, 1.54) is 0 Å². The van der Waals surface area contributed by atoms with E-state index in [0.717, 1.165) is 24.9 Å². The zero-order chi connectivity index (χ0) is 12.4. The van der Waals surface area contributed by atoms with Gasteiger partial charge in [-0.25, -0.2) is 9.97 Å². The van der Waals surface area contributed by atoms with Crippen molar-refractivity contribution in [1.82, 2.24) is 9.97 Å². The Balaban J connectivity index is 1.82. The van der Waals surface area contributed by atoms with Crippen molar-refractivity contribution in [2.45, 2.75) is 25.4 Å². The van der Waals surface area contributed by atoms with Crippen LogP contribution in [0.3, 0.4) is 0 Å². The minimum atomic E-state index is 0.484. The monoisotopic (exact) mass is 243 g/mol. The molecule has 0 unspecified atom stereocenters. The van der Waals surface area contributed by atoms with Gasteiger partial charge in [0, 0.05) is 18.4 Å². The molecule has 0 saturated heterocycles. The van der Waals surface area contributed by atoms with Crippen LogP contribution in [-0.2, 0) is 6.54 Å². The lowest BCUT2D eigenvalue weighted by molar-refractivity contribution is 0.112. The fourth-order valence-corrected chi connectivity index (χ4v) is 1.86. The molecule has 0 bridgehead atoms. The van der Waals surface area contributed by atoms with Crippen LogP contribution in [-0.4, -0.2) is 22.3 Å². The van der Waals surface area contributed by atoms with Crippen LogP contribution in [0, 0.1) is 0 Å². The lowest BCUT2D eigenvalue weighted by Gasteiger charge is -2.20. The van der Waals surface area contributed by atoms with Crippen LogP contribution in [0.2, 0.25) is 0 Å². The quantitative estimate of drug-likeness (QED) is 0.752. The van der Waals surface area contributed by atoms with Gasteiger partial charge in [-0.3, -0.25) is 4.79 Å². The maximum Gasteiger partial charge on any atom is 0.225 e. The summed E-state index contributed by atoms with van der Waals surface area (Å²) in [7, 11) is 0. The van der Waals surface area contributed by atoms with Crippen LogP contribution < -0.4 is 4.90 Å². The molecule has 0 atom stereocenters. The lowest BCUT2D eigenvalue weighted by Crippen LogP contribution is -2.26. The standard InChI is InChI=1S/C13H13N3O2/c17-9-10-6-14-13(15-7-10)16(11-3-4-11)8-12-2-1-5-18-12/h1-2,5-7,9,11H,3-4,8H2. The molecule has 0 radical (unpaired) electrons. The molecule has 92 valence electrons. The Hall–Kier alpha value is -2.17. The maximum atomic E-state index is 10.6. The van der Waals surface area contributed by atoms with Gasteiger partial charge in [0.05, 0.1) is 18.4 Å². The zero-order valence-corrected chi connectivity index (χ0v) is 9.82. The van der Waals surface area contributed by atoms with Crippen molar-refractivity contribution in [3.63, 3.8) is 0 Å². The minimum Gasteiger partial charge on any atom is -0.467 e. The second-order valence-corrected chi connectivity index (χ2v) is 4.37. The second-order valence-electron chi connectivity index (χ2n) is 4.37. The summed E-state index contributed by atoms with van der Waals surface area (Å²) in [4.78, 5) is 21.2. The Kier molecular flexibility index (Phi) is 2.80. The molecule has 0 aliphatic heterocycles. The van der Waals surface area contributed by atoms with E-state index in [1.807, 2.05) is 12.1 Å². The van der Waals surface area contributed by atoms with Crippen LogP contribution in [0.4, 0.5) is 5.95 Å². The Morgan fingerprint density at radius 3 is 2.72 bits per heavy atom. The average Bonchev–Trinajstić information content (AvgIpc) is 3.13. The predicted molar refractivity (Wildman–Crippen MR) is 65.3 cm³/mol. The fourth-order valence-electron chi connectivity index (χ4n) is 1.86. The van der Waals surface area contributed by atoms with Gasteiger partial charge >= 0.3 is 0 Å². The van der Waals surface area contributed by atoms with E-state index in [0.29, 0.717) is 24.1 Å². The Morgan fingerprint density at radius 2 is 2.17 bits per heavy atom. The van der Waals surface area contributed by atoms with E-state index in [-0.39, 0.29) is 0 Å². The summed E-state index contributed by atoms with van der Waals surface area (Å²) in [6, 6.07) is 4.29. The molecule has 0 amide bonds. The van der Waals surface area contributed by atoms with Gasteiger partial charge in [0.25, 0.3) is 0 Å². The fraction of sp³-hybridized carbons (Fsp3) is 0.308. The molecule has 5 heteroatoms. The molecular formula is C13H13N3O2. The molecule has 1 fully saturated rings. The molecule has 2 aromatic rings. The second kappa shape index (κ2) is 4.60. The van der Waals surface area contributed by atoms with E-state index in [2.05, 4.69) is 14.9 Å². The molecule has 0 spiro atoms. The van der Waals surface area contributed by atoms with Crippen LogP contribution in [0.1, 0.15) is 29.0 Å². The lowest BCUT2D eigenvalue weighted by atomic mass is 10.3. The number of carbonyl (C=O) groups is 1. The van der Waals surface area contributed by atoms with Crippen LogP contribution in [0.25, 0.3) is 0 Å². The van der Waals surface area contributed by atoms with Crippen molar-refractivity contribution in [2.75, 3.05) is 4.90 Å². The molecular weight excluding hydrogens is 230 g/mol. The number of hydrogen-bond donors (Lipinski definition) is 0. The summed E-state index contributed by atoms with van der Waals surface area (Å²) in [5.74, 6) is 1.55.